The molecule has 0 radical (unpaired) electrons. The van der Waals surface area contributed by atoms with Gasteiger partial charge in [0.05, 0.1) is 10.6 Å². The van der Waals surface area contributed by atoms with Crippen molar-refractivity contribution < 1.29 is 8.42 Å². The maximum absolute atomic E-state index is 12.5. The normalized spacial score (nSPS) is 13.8. The zero-order valence-corrected chi connectivity index (χ0v) is 15.3. The topological polar surface area (TPSA) is 173 Å². The fourth-order valence-electron chi connectivity index (χ4n) is 2.24. The number of nitrogens with two attached hydrogens (primary N) is 2. The van der Waals surface area contributed by atoms with Crippen LogP contribution in [0.1, 0.15) is 11.5 Å². The number of hydrogen-bond donors (Lipinski definition) is 4. The summed E-state index contributed by atoms with van der Waals surface area (Å²) in [7, 11) is -3.79. The van der Waals surface area contributed by atoms with Crippen LogP contribution in [0.15, 0.2) is 50.5 Å². The van der Waals surface area contributed by atoms with E-state index in [2.05, 4.69) is 35.4 Å². The highest BCUT2D eigenvalue weighted by Crippen LogP contribution is 2.18. The predicted molar refractivity (Wildman–Crippen MR) is 103 cm³/mol. The third-order valence-corrected chi connectivity index (χ3v) is 4.79. The van der Waals surface area contributed by atoms with Gasteiger partial charge in [-0.05, 0) is 38.1 Å². The van der Waals surface area contributed by atoms with Gasteiger partial charge in [0.2, 0.25) is 0 Å². The standard InChI is InChI=1S/C15H17N9O2S/c1-8-7-12(19-9(2)18-8)24-27(25,26)11-5-3-10(4-6-11)20-21-13-14(16)22-23-15(13)17/h3-7,20H,1-2H3,(H,18,19,24)(H4,16,17,21,22,23). The first-order valence-electron chi connectivity index (χ1n) is 7.71. The van der Waals surface area contributed by atoms with Crippen molar-refractivity contribution in [2.24, 2.45) is 26.8 Å². The second kappa shape index (κ2) is 6.99. The van der Waals surface area contributed by atoms with E-state index in [-0.39, 0.29) is 28.1 Å². The molecule has 0 aliphatic carbocycles. The number of benzene rings is 1. The van der Waals surface area contributed by atoms with E-state index in [0.29, 0.717) is 17.2 Å². The van der Waals surface area contributed by atoms with Crippen LogP contribution in [-0.2, 0) is 10.0 Å². The van der Waals surface area contributed by atoms with E-state index in [1.165, 1.54) is 12.1 Å². The largest absolute Gasteiger partial charge is 0.380 e. The minimum atomic E-state index is -3.79. The van der Waals surface area contributed by atoms with E-state index in [0.717, 1.165) is 0 Å². The van der Waals surface area contributed by atoms with Crippen molar-refractivity contribution in [2.75, 3.05) is 10.1 Å². The van der Waals surface area contributed by atoms with Crippen LogP contribution >= 0.6 is 0 Å². The Morgan fingerprint density at radius 3 is 2.22 bits per heavy atom. The first-order valence-corrected chi connectivity index (χ1v) is 9.19. The van der Waals surface area contributed by atoms with Crippen molar-refractivity contribution in [1.29, 1.82) is 0 Å². The minimum absolute atomic E-state index is 0.0673. The van der Waals surface area contributed by atoms with Gasteiger partial charge in [0.1, 0.15) is 11.6 Å². The van der Waals surface area contributed by atoms with Crippen LogP contribution in [0.5, 0.6) is 0 Å². The van der Waals surface area contributed by atoms with Gasteiger partial charge in [0.25, 0.3) is 10.0 Å². The van der Waals surface area contributed by atoms with Gasteiger partial charge < -0.3 is 11.5 Å². The second-order valence-corrected chi connectivity index (χ2v) is 7.30. The summed E-state index contributed by atoms with van der Waals surface area (Å²) in [6.07, 6.45) is 0. The molecule has 0 unspecified atom stereocenters. The molecule has 12 heteroatoms. The van der Waals surface area contributed by atoms with Gasteiger partial charge in [-0.1, -0.05) is 0 Å². The molecule has 11 nitrogen and oxygen atoms in total. The second-order valence-electron chi connectivity index (χ2n) is 5.61. The Balaban J connectivity index is 1.75. The number of nitrogens with zero attached hydrogens (tertiary/aromatic N) is 5. The van der Waals surface area contributed by atoms with Crippen LogP contribution in [0.4, 0.5) is 11.5 Å². The lowest BCUT2D eigenvalue weighted by Crippen LogP contribution is -2.32. The molecule has 140 valence electrons. The number of rotatable bonds is 5. The number of amidine groups is 2. The fraction of sp³-hybridized carbons (Fsp3) is 0.133. The Morgan fingerprint density at radius 2 is 1.63 bits per heavy atom. The maximum Gasteiger partial charge on any atom is 0.263 e. The summed E-state index contributed by atoms with van der Waals surface area (Å²) in [5, 5.41) is 11.2. The monoisotopic (exact) mass is 387 g/mol. The SMILES string of the molecule is Cc1cc(NS(=O)(=O)c2ccc(NN=C3C(N)=NN=C3N)cc2)nc(C)n1. The lowest BCUT2D eigenvalue weighted by atomic mass is 10.3. The molecule has 3 rings (SSSR count). The van der Waals surface area contributed by atoms with E-state index in [9.17, 15) is 8.42 Å². The Kier molecular flexibility index (Phi) is 4.73. The molecule has 6 N–H and O–H groups in total. The van der Waals surface area contributed by atoms with Crippen LogP contribution < -0.4 is 21.6 Å². The Hall–Kier alpha value is -3.54. The Morgan fingerprint density at radius 1 is 1.00 bits per heavy atom. The van der Waals surface area contributed by atoms with Crippen molar-refractivity contribution >= 4 is 38.9 Å². The highest BCUT2D eigenvalue weighted by molar-refractivity contribution is 7.92. The summed E-state index contributed by atoms with van der Waals surface area (Å²) in [6, 6.07) is 7.50. The molecule has 2 heterocycles. The van der Waals surface area contributed by atoms with Crippen LogP contribution in [0.2, 0.25) is 0 Å². The Labute approximate surface area is 155 Å². The molecule has 0 saturated heterocycles. The highest BCUT2D eigenvalue weighted by atomic mass is 32.2. The number of sulfonamides is 1. The van der Waals surface area contributed by atoms with Crippen molar-refractivity contribution in [3.8, 4) is 0 Å². The van der Waals surface area contributed by atoms with Gasteiger partial charge in [-0.15, -0.1) is 10.2 Å². The summed E-state index contributed by atoms with van der Waals surface area (Å²) in [4.78, 5) is 8.25. The summed E-state index contributed by atoms with van der Waals surface area (Å²) in [5.41, 5.74) is 15.3. The summed E-state index contributed by atoms with van der Waals surface area (Å²) in [6.45, 7) is 3.44. The third-order valence-electron chi connectivity index (χ3n) is 3.42. The van der Waals surface area contributed by atoms with Gasteiger partial charge in [-0.3, -0.25) is 10.1 Å². The van der Waals surface area contributed by atoms with Crippen LogP contribution in [0, 0.1) is 13.8 Å². The van der Waals surface area contributed by atoms with Gasteiger partial charge in [0.15, 0.2) is 17.4 Å². The quantitative estimate of drug-likeness (QED) is 0.534. The van der Waals surface area contributed by atoms with Gasteiger partial charge in [-0.2, -0.15) is 5.10 Å². The molecule has 1 aliphatic heterocycles. The molecule has 0 bridgehead atoms. The molecule has 1 aromatic carbocycles. The zero-order valence-electron chi connectivity index (χ0n) is 14.5. The molecular formula is C15H17N9O2S. The molecule has 0 spiro atoms. The lowest BCUT2D eigenvalue weighted by molar-refractivity contribution is 0.601. The number of aromatic nitrogens is 2. The molecule has 0 fully saturated rings. The number of anilines is 2. The van der Waals surface area contributed by atoms with Crippen LogP contribution in [0.3, 0.4) is 0 Å². The van der Waals surface area contributed by atoms with Crippen LogP contribution in [0.25, 0.3) is 0 Å². The lowest BCUT2D eigenvalue weighted by Gasteiger charge is -2.09. The summed E-state index contributed by atoms with van der Waals surface area (Å²) < 4.78 is 27.4. The number of hydrazone groups is 1. The van der Waals surface area contributed by atoms with Gasteiger partial charge in [0, 0.05) is 11.8 Å². The van der Waals surface area contributed by atoms with Crippen molar-refractivity contribution in [1.82, 2.24) is 9.97 Å². The Bertz CT molecular complexity index is 1030. The van der Waals surface area contributed by atoms with E-state index in [1.807, 2.05) is 0 Å². The van der Waals surface area contributed by atoms with E-state index >= 15 is 0 Å². The number of hydrogen-bond acceptors (Lipinski definition) is 10. The van der Waals surface area contributed by atoms with E-state index in [4.69, 9.17) is 11.5 Å². The van der Waals surface area contributed by atoms with Gasteiger partial charge in [-0.25, -0.2) is 18.4 Å². The number of nitrogens with one attached hydrogen (secondary N) is 2. The zero-order chi connectivity index (χ0) is 19.6. The average Bonchev–Trinajstić information content (AvgIpc) is 2.90. The van der Waals surface area contributed by atoms with Crippen molar-refractivity contribution in [3.05, 3.63) is 41.9 Å². The first kappa shape index (κ1) is 18.3. The molecule has 0 saturated carbocycles. The smallest absolute Gasteiger partial charge is 0.263 e. The van der Waals surface area contributed by atoms with Crippen molar-refractivity contribution in [3.63, 3.8) is 0 Å². The molecule has 1 aliphatic rings. The third kappa shape index (κ3) is 4.17. The fourth-order valence-corrected chi connectivity index (χ4v) is 3.24. The predicted octanol–water partition coefficient (Wildman–Crippen LogP) is 0.305. The average molecular weight is 387 g/mol. The highest BCUT2D eigenvalue weighted by Gasteiger charge is 2.17. The van der Waals surface area contributed by atoms with Crippen molar-refractivity contribution in [2.45, 2.75) is 18.7 Å². The summed E-state index contributed by atoms with van der Waals surface area (Å²) in [5.74, 6) is 0.876. The molecule has 0 amide bonds. The molecule has 27 heavy (non-hydrogen) atoms. The maximum atomic E-state index is 12.5. The summed E-state index contributed by atoms with van der Waals surface area (Å²) >= 11 is 0. The molecule has 1 aromatic heterocycles. The first-order chi connectivity index (χ1) is 12.7. The molecule has 0 atom stereocenters. The van der Waals surface area contributed by atoms with Gasteiger partial charge >= 0.3 is 0 Å². The van der Waals surface area contributed by atoms with Crippen LogP contribution in [-0.4, -0.2) is 35.8 Å². The van der Waals surface area contributed by atoms with E-state index in [1.54, 1.807) is 32.0 Å². The van der Waals surface area contributed by atoms with E-state index < -0.39 is 10.0 Å². The molecular weight excluding hydrogens is 370 g/mol. The molecule has 2 aromatic rings. The minimum Gasteiger partial charge on any atom is -0.380 e. The number of aryl methyl sites for hydroxylation is 2.